The number of rotatable bonds is 3. The Morgan fingerprint density at radius 3 is 3.06 bits per heavy atom. The molecule has 1 heterocycles. The van der Waals surface area contributed by atoms with Gasteiger partial charge in [0, 0.05) is 6.04 Å². The molecule has 1 aliphatic carbocycles. The number of halogens is 1. The first-order chi connectivity index (χ1) is 8.78. The molecular weight excluding hydrogens is 266 g/mol. The number of hydrogen-bond acceptors (Lipinski definition) is 4. The standard InChI is InChI=1S/C13H16ClN3S/c1-2-8-3-4-9(7-8)15-12-10(14)5-6-11-13(12)17-18-16-11/h5-6,8-9,15H,2-4,7H2,1H3. The first-order valence-corrected chi connectivity index (χ1v) is 7.56. The highest BCUT2D eigenvalue weighted by Gasteiger charge is 2.24. The van der Waals surface area contributed by atoms with Gasteiger partial charge in [0.1, 0.15) is 11.0 Å². The van der Waals surface area contributed by atoms with E-state index < -0.39 is 0 Å². The van der Waals surface area contributed by atoms with Crippen molar-refractivity contribution in [2.24, 2.45) is 5.92 Å². The fourth-order valence-electron chi connectivity index (χ4n) is 2.75. The molecule has 0 amide bonds. The number of nitrogens with one attached hydrogen (secondary N) is 1. The van der Waals surface area contributed by atoms with E-state index in [0.29, 0.717) is 6.04 Å². The summed E-state index contributed by atoms with van der Waals surface area (Å²) in [6.45, 7) is 2.27. The van der Waals surface area contributed by atoms with Crippen LogP contribution in [0, 0.1) is 5.92 Å². The predicted molar refractivity (Wildman–Crippen MR) is 77.5 cm³/mol. The molecule has 5 heteroatoms. The van der Waals surface area contributed by atoms with Crippen LogP contribution in [-0.2, 0) is 0 Å². The second kappa shape index (κ2) is 5.02. The lowest BCUT2D eigenvalue weighted by Crippen LogP contribution is -2.16. The Hall–Kier alpha value is -0.870. The number of fused-ring (bicyclic) bond motifs is 1. The van der Waals surface area contributed by atoms with Gasteiger partial charge in [0.15, 0.2) is 0 Å². The Balaban J connectivity index is 1.86. The minimum Gasteiger partial charge on any atom is -0.379 e. The predicted octanol–water partition coefficient (Wildman–Crippen LogP) is 4.34. The van der Waals surface area contributed by atoms with E-state index in [0.717, 1.165) is 27.7 Å². The Kier molecular flexibility index (Phi) is 3.39. The molecule has 0 saturated heterocycles. The van der Waals surface area contributed by atoms with E-state index in [1.54, 1.807) is 0 Å². The SMILES string of the molecule is CCC1CCC(Nc2c(Cl)ccc3nsnc23)C1. The summed E-state index contributed by atoms with van der Waals surface area (Å²) in [4.78, 5) is 0. The summed E-state index contributed by atoms with van der Waals surface area (Å²) in [6.07, 6.45) is 5.05. The van der Waals surface area contributed by atoms with Gasteiger partial charge in [-0.25, -0.2) is 0 Å². The zero-order valence-electron chi connectivity index (χ0n) is 10.3. The Bertz CT molecular complexity index is 554. The van der Waals surface area contributed by atoms with Crippen LogP contribution in [0.2, 0.25) is 5.02 Å². The maximum atomic E-state index is 6.28. The second-order valence-electron chi connectivity index (χ2n) is 4.98. The zero-order valence-corrected chi connectivity index (χ0v) is 11.9. The molecule has 1 aliphatic rings. The molecule has 3 nitrogen and oxygen atoms in total. The number of hydrogen-bond donors (Lipinski definition) is 1. The van der Waals surface area contributed by atoms with Crippen LogP contribution in [0.15, 0.2) is 12.1 Å². The van der Waals surface area contributed by atoms with E-state index in [4.69, 9.17) is 11.6 Å². The summed E-state index contributed by atoms with van der Waals surface area (Å²) >= 11 is 7.52. The summed E-state index contributed by atoms with van der Waals surface area (Å²) in [5.41, 5.74) is 2.80. The third kappa shape index (κ3) is 2.19. The lowest BCUT2D eigenvalue weighted by molar-refractivity contribution is 0.525. The molecule has 3 rings (SSSR count). The molecule has 0 radical (unpaired) electrons. The van der Waals surface area contributed by atoms with E-state index in [1.165, 1.54) is 37.4 Å². The van der Waals surface area contributed by atoms with Crippen molar-refractivity contribution in [1.82, 2.24) is 8.75 Å². The smallest absolute Gasteiger partial charge is 0.129 e. The Morgan fingerprint density at radius 1 is 1.39 bits per heavy atom. The van der Waals surface area contributed by atoms with Crippen molar-refractivity contribution in [1.29, 1.82) is 0 Å². The summed E-state index contributed by atoms with van der Waals surface area (Å²) in [6, 6.07) is 4.36. The molecule has 1 aromatic heterocycles. The van der Waals surface area contributed by atoms with Crippen molar-refractivity contribution >= 4 is 40.0 Å². The summed E-state index contributed by atoms with van der Waals surface area (Å²) < 4.78 is 8.60. The van der Waals surface area contributed by atoms with E-state index in [9.17, 15) is 0 Å². The largest absolute Gasteiger partial charge is 0.379 e. The van der Waals surface area contributed by atoms with Gasteiger partial charge in [-0.15, -0.1) is 0 Å². The summed E-state index contributed by atoms with van der Waals surface area (Å²) in [7, 11) is 0. The van der Waals surface area contributed by atoms with Crippen LogP contribution in [0.3, 0.4) is 0 Å². The van der Waals surface area contributed by atoms with Gasteiger partial charge in [-0.2, -0.15) is 8.75 Å². The van der Waals surface area contributed by atoms with Crippen LogP contribution < -0.4 is 5.32 Å². The quantitative estimate of drug-likeness (QED) is 0.910. The minimum absolute atomic E-state index is 0.528. The summed E-state index contributed by atoms with van der Waals surface area (Å²) in [5.74, 6) is 0.856. The van der Waals surface area contributed by atoms with Gasteiger partial charge < -0.3 is 5.32 Å². The molecule has 2 atom stereocenters. The van der Waals surface area contributed by atoms with Gasteiger partial charge in [-0.1, -0.05) is 24.9 Å². The highest BCUT2D eigenvalue weighted by Crippen LogP contribution is 2.35. The van der Waals surface area contributed by atoms with Crippen molar-refractivity contribution in [2.45, 2.75) is 38.6 Å². The molecule has 96 valence electrons. The molecule has 0 aliphatic heterocycles. The topological polar surface area (TPSA) is 37.8 Å². The second-order valence-corrected chi connectivity index (χ2v) is 5.92. The van der Waals surface area contributed by atoms with Crippen LogP contribution in [0.25, 0.3) is 11.0 Å². The average Bonchev–Trinajstić information content (AvgIpc) is 3.01. The van der Waals surface area contributed by atoms with Crippen molar-refractivity contribution in [3.05, 3.63) is 17.2 Å². The fourth-order valence-corrected chi connectivity index (χ4v) is 3.49. The van der Waals surface area contributed by atoms with E-state index >= 15 is 0 Å². The molecule has 1 N–H and O–H groups in total. The third-order valence-corrected chi connectivity index (χ3v) is 4.70. The first kappa shape index (κ1) is 12.2. The highest BCUT2D eigenvalue weighted by atomic mass is 35.5. The molecular formula is C13H16ClN3S. The van der Waals surface area contributed by atoms with Gasteiger partial charge in [-0.3, -0.25) is 0 Å². The lowest BCUT2D eigenvalue weighted by Gasteiger charge is -2.15. The van der Waals surface area contributed by atoms with Gasteiger partial charge in [0.2, 0.25) is 0 Å². The average molecular weight is 282 g/mol. The molecule has 2 aromatic rings. The van der Waals surface area contributed by atoms with Crippen LogP contribution in [0.4, 0.5) is 5.69 Å². The van der Waals surface area contributed by atoms with E-state index in [-0.39, 0.29) is 0 Å². The number of anilines is 1. The molecule has 0 bridgehead atoms. The highest BCUT2D eigenvalue weighted by molar-refractivity contribution is 7.00. The van der Waals surface area contributed by atoms with Gasteiger partial charge >= 0.3 is 0 Å². The fraction of sp³-hybridized carbons (Fsp3) is 0.538. The number of aromatic nitrogens is 2. The lowest BCUT2D eigenvalue weighted by atomic mass is 10.1. The van der Waals surface area contributed by atoms with Gasteiger partial charge in [0.05, 0.1) is 22.4 Å². The first-order valence-electron chi connectivity index (χ1n) is 6.45. The molecule has 1 aromatic carbocycles. The molecule has 0 spiro atoms. The van der Waals surface area contributed by atoms with Crippen LogP contribution in [0.1, 0.15) is 32.6 Å². The Morgan fingerprint density at radius 2 is 2.28 bits per heavy atom. The molecule has 1 saturated carbocycles. The number of benzene rings is 1. The number of nitrogens with zero attached hydrogens (tertiary/aromatic N) is 2. The third-order valence-electron chi connectivity index (χ3n) is 3.84. The van der Waals surface area contributed by atoms with E-state index in [2.05, 4.69) is 21.0 Å². The monoisotopic (exact) mass is 281 g/mol. The van der Waals surface area contributed by atoms with E-state index in [1.807, 2.05) is 12.1 Å². The van der Waals surface area contributed by atoms with Crippen LogP contribution in [-0.4, -0.2) is 14.8 Å². The normalized spacial score (nSPS) is 23.7. The van der Waals surface area contributed by atoms with Gasteiger partial charge in [0.25, 0.3) is 0 Å². The minimum atomic E-state index is 0.528. The molecule has 18 heavy (non-hydrogen) atoms. The molecule has 1 fully saturated rings. The van der Waals surface area contributed by atoms with Crippen molar-refractivity contribution < 1.29 is 0 Å². The van der Waals surface area contributed by atoms with Gasteiger partial charge in [-0.05, 0) is 37.3 Å². The van der Waals surface area contributed by atoms with Crippen molar-refractivity contribution in [2.75, 3.05) is 5.32 Å². The maximum absolute atomic E-state index is 6.28. The molecule has 2 unspecified atom stereocenters. The Labute approximate surface area is 116 Å². The van der Waals surface area contributed by atoms with Crippen LogP contribution in [0.5, 0.6) is 0 Å². The zero-order chi connectivity index (χ0) is 12.5. The van der Waals surface area contributed by atoms with Crippen molar-refractivity contribution in [3.63, 3.8) is 0 Å². The van der Waals surface area contributed by atoms with Crippen LogP contribution >= 0.6 is 23.3 Å². The summed E-state index contributed by atoms with van der Waals surface area (Å²) in [5, 5.41) is 4.32. The maximum Gasteiger partial charge on any atom is 0.129 e. The van der Waals surface area contributed by atoms with Crippen molar-refractivity contribution in [3.8, 4) is 0 Å².